The second-order valence-electron chi connectivity index (χ2n) is 8.45. The Hall–Kier alpha value is -4.01. The summed E-state index contributed by atoms with van der Waals surface area (Å²) in [6.45, 7) is 3.48. The molecule has 1 amide bonds. The van der Waals surface area contributed by atoms with Crippen molar-refractivity contribution in [2.75, 3.05) is 6.73 Å². The van der Waals surface area contributed by atoms with Crippen LogP contribution in [0.5, 0.6) is 0 Å². The van der Waals surface area contributed by atoms with Gasteiger partial charge in [0.1, 0.15) is 46.5 Å². The van der Waals surface area contributed by atoms with Crippen molar-refractivity contribution in [2.45, 2.75) is 32.0 Å². The van der Waals surface area contributed by atoms with Crippen molar-refractivity contribution in [3.63, 3.8) is 0 Å². The standard InChI is InChI=1S/C25H20F2N6O2S/c1-15-22(36-23(31-15)18-5-3-17(10-28)4-6-18)24(34)33-14-35-25(16(33)2,11-32-13-29-12-30-32)20-8-7-19(26)9-21(20)27/h3-9,12-13,16H,11,14H2,1-2H3. The number of nitrogens with zero attached hydrogens (tertiary/aromatic N) is 6. The molecule has 2 unspecified atom stereocenters. The zero-order valence-electron chi connectivity index (χ0n) is 19.4. The third kappa shape index (κ3) is 4.04. The first-order valence-corrected chi connectivity index (χ1v) is 11.8. The number of carbonyl (C=O) groups excluding carboxylic acids is 1. The molecule has 2 aromatic carbocycles. The van der Waals surface area contributed by atoms with Gasteiger partial charge in [0.05, 0.1) is 29.9 Å². The van der Waals surface area contributed by atoms with Crippen LogP contribution in [0.1, 0.15) is 33.4 Å². The van der Waals surface area contributed by atoms with Crippen LogP contribution < -0.4 is 0 Å². The average Bonchev–Trinajstić information content (AvgIpc) is 3.59. The predicted octanol–water partition coefficient (Wildman–Crippen LogP) is 4.27. The molecule has 0 saturated carbocycles. The van der Waals surface area contributed by atoms with Gasteiger partial charge >= 0.3 is 0 Å². The Morgan fingerprint density at radius 2 is 2.06 bits per heavy atom. The molecule has 1 aliphatic heterocycles. The number of amides is 1. The molecule has 2 aromatic heterocycles. The molecule has 0 N–H and O–H groups in total. The minimum atomic E-state index is -1.32. The number of ether oxygens (including phenoxy) is 1. The van der Waals surface area contributed by atoms with Crippen molar-refractivity contribution in [2.24, 2.45) is 0 Å². The van der Waals surface area contributed by atoms with E-state index in [1.165, 1.54) is 45.7 Å². The number of hydrogen-bond donors (Lipinski definition) is 0. The average molecular weight is 507 g/mol. The molecule has 3 heterocycles. The highest BCUT2D eigenvalue weighted by atomic mass is 32.1. The highest BCUT2D eigenvalue weighted by Gasteiger charge is 2.51. The number of hydrogen-bond acceptors (Lipinski definition) is 7. The summed E-state index contributed by atoms with van der Waals surface area (Å²) in [5, 5.41) is 13.8. The molecule has 11 heteroatoms. The van der Waals surface area contributed by atoms with E-state index in [2.05, 4.69) is 21.1 Å². The number of rotatable bonds is 5. The Morgan fingerprint density at radius 1 is 1.28 bits per heavy atom. The molecule has 8 nitrogen and oxygen atoms in total. The van der Waals surface area contributed by atoms with Crippen LogP contribution in [-0.2, 0) is 16.9 Å². The van der Waals surface area contributed by atoms with E-state index in [4.69, 9.17) is 10.00 Å². The fourth-order valence-corrected chi connectivity index (χ4v) is 5.42. The third-order valence-corrected chi connectivity index (χ3v) is 7.56. The van der Waals surface area contributed by atoms with Gasteiger partial charge in [-0.2, -0.15) is 10.4 Å². The topological polar surface area (TPSA) is 96.9 Å². The van der Waals surface area contributed by atoms with E-state index >= 15 is 4.39 Å². The summed E-state index contributed by atoms with van der Waals surface area (Å²) in [5.74, 6) is -1.78. The molecule has 36 heavy (non-hydrogen) atoms. The van der Waals surface area contributed by atoms with Gasteiger partial charge in [0, 0.05) is 17.2 Å². The van der Waals surface area contributed by atoms with Gasteiger partial charge in [-0.15, -0.1) is 11.3 Å². The molecule has 0 spiro atoms. The van der Waals surface area contributed by atoms with Gasteiger partial charge in [0.2, 0.25) is 0 Å². The molecule has 5 rings (SSSR count). The fraction of sp³-hybridized carbons (Fsp3) is 0.240. The van der Waals surface area contributed by atoms with E-state index < -0.39 is 23.3 Å². The smallest absolute Gasteiger partial charge is 0.268 e. The van der Waals surface area contributed by atoms with E-state index in [1.54, 1.807) is 38.1 Å². The molecule has 4 aromatic rings. The van der Waals surface area contributed by atoms with Crippen molar-refractivity contribution < 1.29 is 18.3 Å². The Labute approximate surface area is 209 Å². The minimum Gasteiger partial charge on any atom is -0.346 e. The first kappa shape index (κ1) is 23.7. The molecule has 0 radical (unpaired) electrons. The van der Waals surface area contributed by atoms with Crippen LogP contribution >= 0.6 is 11.3 Å². The molecular weight excluding hydrogens is 486 g/mol. The monoisotopic (exact) mass is 506 g/mol. The predicted molar refractivity (Wildman–Crippen MR) is 127 cm³/mol. The number of halogens is 2. The Bertz CT molecular complexity index is 1460. The molecule has 1 fully saturated rings. The van der Waals surface area contributed by atoms with Crippen LogP contribution in [0.4, 0.5) is 8.78 Å². The first-order chi connectivity index (χ1) is 17.3. The van der Waals surface area contributed by atoms with E-state index in [1.807, 2.05) is 0 Å². The van der Waals surface area contributed by atoms with Gasteiger partial charge in [-0.25, -0.2) is 23.4 Å². The Balaban J connectivity index is 1.49. The Morgan fingerprint density at radius 3 is 2.72 bits per heavy atom. The van der Waals surface area contributed by atoms with E-state index in [0.717, 1.165) is 11.6 Å². The zero-order chi connectivity index (χ0) is 25.4. The summed E-state index contributed by atoms with van der Waals surface area (Å²) in [6.07, 6.45) is 2.82. The molecule has 1 saturated heterocycles. The molecule has 182 valence electrons. The number of aryl methyl sites for hydroxylation is 1. The molecule has 1 aliphatic rings. The van der Waals surface area contributed by atoms with Crippen LogP contribution in [0, 0.1) is 29.9 Å². The largest absolute Gasteiger partial charge is 0.346 e. The van der Waals surface area contributed by atoms with Crippen molar-refractivity contribution in [3.05, 3.63) is 88.5 Å². The summed E-state index contributed by atoms with van der Waals surface area (Å²) in [4.78, 5) is 24.1. The minimum absolute atomic E-state index is 0.0681. The van der Waals surface area contributed by atoms with Crippen LogP contribution in [0.3, 0.4) is 0 Å². The molecule has 0 aliphatic carbocycles. The van der Waals surface area contributed by atoms with Gasteiger partial charge in [0.25, 0.3) is 5.91 Å². The van der Waals surface area contributed by atoms with Crippen molar-refractivity contribution in [1.29, 1.82) is 5.26 Å². The lowest BCUT2D eigenvalue weighted by Gasteiger charge is -2.34. The lowest BCUT2D eigenvalue weighted by molar-refractivity contribution is -0.0274. The first-order valence-electron chi connectivity index (χ1n) is 11.0. The van der Waals surface area contributed by atoms with Gasteiger partial charge < -0.3 is 9.64 Å². The van der Waals surface area contributed by atoms with Gasteiger partial charge in [0.15, 0.2) is 0 Å². The highest BCUT2D eigenvalue weighted by molar-refractivity contribution is 7.17. The SMILES string of the molecule is Cc1nc(-c2ccc(C#N)cc2)sc1C(=O)N1COC(Cn2cncn2)(c2ccc(F)cc2F)C1C. The Kier molecular flexibility index (Phi) is 6.07. The lowest BCUT2D eigenvalue weighted by atomic mass is 9.86. The van der Waals surface area contributed by atoms with Crippen LogP contribution in [0.15, 0.2) is 55.1 Å². The van der Waals surface area contributed by atoms with E-state index in [0.29, 0.717) is 21.1 Å². The summed E-state index contributed by atoms with van der Waals surface area (Å²) in [7, 11) is 0. The van der Waals surface area contributed by atoms with Crippen molar-refractivity contribution >= 4 is 17.2 Å². The summed E-state index contributed by atoms with van der Waals surface area (Å²) >= 11 is 1.24. The number of aromatic nitrogens is 4. The van der Waals surface area contributed by atoms with Crippen molar-refractivity contribution in [3.8, 4) is 16.6 Å². The van der Waals surface area contributed by atoms with Crippen LogP contribution in [0.25, 0.3) is 10.6 Å². The second kappa shape index (κ2) is 9.22. The van der Waals surface area contributed by atoms with Crippen LogP contribution in [0.2, 0.25) is 0 Å². The summed E-state index contributed by atoms with van der Waals surface area (Å²) < 4.78 is 36.4. The maximum absolute atomic E-state index is 15.0. The lowest BCUT2D eigenvalue weighted by Crippen LogP contribution is -2.46. The number of benzene rings is 2. The molecule has 0 bridgehead atoms. The third-order valence-electron chi connectivity index (χ3n) is 6.37. The van der Waals surface area contributed by atoms with Gasteiger partial charge in [-0.3, -0.25) is 4.79 Å². The number of nitriles is 1. The van der Waals surface area contributed by atoms with Crippen molar-refractivity contribution in [1.82, 2.24) is 24.6 Å². The number of thiazole rings is 1. The fourth-order valence-electron chi connectivity index (χ4n) is 4.39. The quantitative estimate of drug-likeness (QED) is 0.401. The maximum Gasteiger partial charge on any atom is 0.268 e. The maximum atomic E-state index is 15.0. The number of carbonyl (C=O) groups is 1. The summed E-state index contributed by atoms with van der Waals surface area (Å²) in [6, 6.07) is 11.7. The van der Waals surface area contributed by atoms with Gasteiger partial charge in [-0.1, -0.05) is 18.2 Å². The van der Waals surface area contributed by atoms with Gasteiger partial charge in [-0.05, 0) is 32.0 Å². The van der Waals surface area contributed by atoms with E-state index in [-0.39, 0.29) is 24.7 Å². The zero-order valence-corrected chi connectivity index (χ0v) is 20.2. The summed E-state index contributed by atoms with van der Waals surface area (Å²) in [5.41, 5.74) is 0.680. The highest BCUT2D eigenvalue weighted by Crippen LogP contribution is 2.42. The second-order valence-corrected chi connectivity index (χ2v) is 9.45. The van der Waals surface area contributed by atoms with Crippen LogP contribution in [-0.4, -0.2) is 43.3 Å². The molecular formula is C25H20F2N6O2S. The normalized spacial score (nSPS) is 19.4. The van der Waals surface area contributed by atoms with E-state index in [9.17, 15) is 9.18 Å². The molecule has 2 atom stereocenters.